The van der Waals surface area contributed by atoms with Crippen molar-refractivity contribution < 1.29 is 0 Å². The molecule has 1 aliphatic heterocycles. The Balaban J connectivity index is 1.59. The fourth-order valence-corrected chi connectivity index (χ4v) is 3.12. The predicted molar refractivity (Wildman–Crippen MR) is 93.2 cm³/mol. The molecule has 0 atom stereocenters. The zero-order chi connectivity index (χ0) is 16.2. The average Bonchev–Trinajstić information content (AvgIpc) is 3.05. The quantitative estimate of drug-likeness (QED) is 0.769. The summed E-state index contributed by atoms with van der Waals surface area (Å²) in [5.41, 5.74) is 4.72. The largest absolute Gasteiger partial charge is 0.366 e. The fourth-order valence-electron chi connectivity index (χ4n) is 3.12. The highest BCUT2D eigenvalue weighted by Crippen LogP contribution is 2.20. The van der Waals surface area contributed by atoms with E-state index >= 15 is 0 Å². The van der Waals surface area contributed by atoms with E-state index in [0.717, 1.165) is 43.1 Å². The highest BCUT2D eigenvalue weighted by Gasteiger charge is 2.14. The Morgan fingerprint density at radius 2 is 2.04 bits per heavy atom. The third kappa shape index (κ3) is 3.00. The van der Waals surface area contributed by atoms with E-state index in [-0.39, 0.29) is 0 Å². The van der Waals surface area contributed by atoms with Crippen molar-refractivity contribution in [3.63, 3.8) is 0 Å². The van der Waals surface area contributed by atoms with Crippen LogP contribution in [0.1, 0.15) is 16.8 Å². The van der Waals surface area contributed by atoms with Gasteiger partial charge >= 0.3 is 0 Å². The van der Waals surface area contributed by atoms with Crippen LogP contribution in [0.5, 0.6) is 0 Å². The summed E-state index contributed by atoms with van der Waals surface area (Å²) in [7, 11) is 0. The molecule has 4 rings (SSSR count). The number of aromatic nitrogens is 4. The van der Waals surface area contributed by atoms with Crippen molar-refractivity contribution in [2.75, 3.05) is 18.4 Å². The minimum atomic E-state index is 0.714. The summed E-state index contributed by atoms with van der Waals surface area (Å²) in [6.07, 6.45) is 9.15. The summed E-state index contributed by atoms with van der Waals surface area (Å²) in [6.45, 7) is 2.67. The first-order chi connectivity index (χ1) is 11.9. The topological polar surface area (TPSA) is 67.7 Å². The molecule has 1 aliphatic rings. The molecule has 0 bridgehead atoms. The van der Waals surface area contributed by atoms with Gasteiger partial charge in [0.1, 0.15) is 12.1 Å². The van der Waals surface area contributed by atoms with Crippen LogP contribution < -0.4 is 10.6 Å². The normalized spacial score (nSPS) is 14.0. The van der Waals surface area contributed by atoms with Gasteiger partial charge in [0.25, 0.3) is 0 Å². The van der Waals surface area contributed by atoms with E-state index in [4.69, 9.17) is 0 Å². The number of nitrogens with zero attached hydrogens (tertiary/aromatic N) is 4. The molecule has 24 heavy (non-hydrogen) atoms. The van der Waals surface area contributed by atoms with Crippen LogP contribution in [0, 0.1) is 0 Å². The van der Waals surface area contributed by atoms with Gasteiger partial charge in [-0.25, -0.2) is 15.0 Å². The molecule has 3 aromatic rings. The third-order valence-corrected chi connectivity index (χ3v) is 4.35. The molecule has 0 amide bonds. The van der Waals surface area contributed by atoms with Gasteiger partial charge in [0, 0.05) is 37.5 Å². The van der Waals surface area contributed by atoms with Crippen molar-refractivity contribution in [2.45, 2.75) is 19.4 Å². The second kappa shape index (κ2) is 6.80. The van der Waals surface area contributed by atoms with Crippen LogP contribution in [0.3, 0.4) is 0 Å². The van der Waals surface area contributed by atoms with E-state index < -0.39 is 0 Å². The molecule has 1 aromatic carbocycles. The lowest BCUT2D eigenvalue weighted by Gasteiger charge is -2.14. The summed E-state index contributed by atoms with van der Waals surface area (Å²) < 4.78 is 2.03. The van der Waals surface area contributed by atoms with Crippen molar-refractivity contribution in [3.05, 3.63) is 66.1 Å². The van der Waals surface area contributed by atoms with Gasteiger partial charge in [-0.2, -0.15) is 0 Å². The maximum Gasteiger partial charge on any atom is 0.133 e. The summed E-state index contributed by atoms with van der Waals surface area (Å²) >= 11 is 0. The Bertz CT molecular complexity index is 812. The molecule has 6 nitrogen and oxygen atoms in total. The zero-order valence-electron chi connectivity index (χ0n) is 13.4. The Hall–Kier alpha value is -2.73. The Kier molecular flexibility index (Phi) is 4.20. The molecule has 0 saturated carbocycles. The van der Waals surface area contributed by atoms with E-state index in [1.54, 1.807) is 12.5 Å². The van der Waals surface area contributed by atoms with E-state index in [2.05, 4.69) is 43.8 Å². The summed E-state index contributed by atoms with van der Waals surface area (Å²) in [4.78, 5) is 13.1. The molecule has 0 aliphatic carbocycles. The molecule has 6 heteroatoms. The Morgan fingerprint density at radius 1 is 1.12 bits per heavy atom. The number of rotatable bonds is 4. The van der Waals surface area contributed by atoms with Gasteiger partial charge in [-0.05, 0) is 24.6 Å². The minimum absolute atomic E-state index is 0.714. The van der Waals surface area contributed by atoms with E-state index in [1.807, 2.05) is 23.2 Å². The predicted octanol–water partition coefficient (Wildman–Crippen LogP) is 1.96. The highest BCUT2D eigenvalue weighted by atomic mass is 15.0. The van der Waals surface area contributed by atoms with Crippen LogP contribution >= 0.6 is 0 Å². The number of anilines is 1. The molecule has 122 valence electrons. The number of para-hydroxylation sites is 1. The number of nitrogens with one attached hydrogen (secondary N) is 2. The number of hydrogen-bond donors (Lipinski definition) is 2. The molecule has 2 aromatic heterocycles. The zero-order valence-corrected chi connectivity index (χ0v) is 13.4. The molecule has 3 heterocycles. The maximum absolute atomic E-state index is 4.47. The number of hydrogen-bond acceptors (Lipinski definition) is 5. The molecule has 0 saturated heterocycles. The standard InChI is InChI=1S/C18H20N6/c1-2-4-17(24-10-9-20-13-24)14(3-1)11-21-18-15-5-7-19-8-6-16(15)22-12-23-18/h1-4,9-10,12-13,19H,5-8,11H2,(H,21,22,23). The fraction of sp³-hybridized carbons (Fsp3) is 0.278. The molecule has 0 fully saturated rings. The molecule has 0 spiro atoms. The lowest BCUT2D eigenvalue weighted by atomic mass is 10.1. The van der Waals surface area contributed by atoms with Crippen LogP contribution in [0.2, 0.25) is 0 Å². The van der Waals surface area contributed by atoms with Crippen molar-refractivity contribution in [3.8, 4) is 5.69 Å². The van der Waals surface area contributed by atoms with Gasteiger partial charge in [0.2, 0.25) is 0 Å². The molecule has 0 radical (unpaired) electrons. The van der Waals surface area contributed by atoms with Gasteiger partial charge in [0.15, 0.2) is 0 Å². The minimum Gasteiger partial charge on any atom is -0.366 e. The van der Waals surface area contributed by atoms with E-state index in [1.165, 1.54) is 11.1 Å². The van der Waals surface area contributed by atoms with Crippen LogP contribution in [0.25, 0.3) is 5.69 Å². The molecular weight excluding hydrogens is 300 g/mol. The molecular formula is C18H20N6. The van der Waals surface area contributed by atoms with Gasteiger partial charge in [-0.1, -0.05) is 18.2 Å². The lowest BCUT2D eigenvalue weighted by molar-refractivity contribution is 0.708. The van der Waals surface area contributed by atoms with Crippen LogP contribution in [-0.4, -0.2) is 32.6 Å². The van der Waals surface area contributed by atoms with E-state index in [9.17, 15) is 0 Å². The van der Waals surface area contributed by atoms with Crippen molar-refractivity contribution in [2.24, 2.45) is 0 Å². The molecule has 2 N–H and O–H groups in total. The highest BCUT2D eigenvalue weighted by molar-refractivity contribution is 5.49. The van der Waals surface area contributed by atoms with E-state index in [0.29, 0.717) is 6.54 Å². The van der Waals surface area contributed by atoms with Gasteiger partial charge in [0.05, 0.1) is 17.7 Å². The van der Waals surface area contributed by atoms with Gasteiger partial charge < -0.3 is 15.2 Å². The number of imidazole rings is 1. The second-order valence-electron chi connectivity index (χ2n) is 5.85. The molecule has 0 unspecified atom stereocenters. The average molecular weight is 320 g/mol. The Morgan fingerprint density at radius 3 is 2.96 bits per heavy atom. The lowest BCUT2D eigenvalue weighted by Crippen LogP contribution is -2.16. The smallest absolute Gasteiger partial charge is 0.133 e. The van der Waals surface area contributed by atoms with Crippen LogP contribution in [0.4, 0.5) is 5.82 Å². The SMILES string of the molecule is c1ccc(-n2ccnc2)c(CNc2ncnc3c2CCNCC3)c1. The monoisotopic (exact) mass is 320 g/mol. The van der Waals surface area contributed by atoms with Gasteiger partial charge in [-0.15, -0.1) is 0 Å². The first kappa shape index (κ1) is 14.8. The summed E-state index contributed by atoms with van der Waals surface area (Å²) in [5, 5.41) is 6.92. The number of fused-ring (bicyclic) bond motifs is 1. The van der Waals surface area contributed by atoms with Gasteiger partial charge in [-0.3, -0.25) is 0 Å². The van der Waals surface area contributed by atoms with Crippen molar-refractivity contribution in [1.82, 2.24) is 24.8 Å². The first-order valence-electron chi connectivity index (χ1n) is 8.25. The second-order valence-corrected chi connectivity index (χ2v) is 5.85. The maximum atomic E-state index is 4.47. The Labute approximate surface area is 141 Å². The third-order valence-electron chi connectivity index (χ3n) is 4.35. The van der Waals surface area contributed by atoms with Crippen molar-refractivity contribution >= 4 is 5.82 Å². The van der Waals surface area contributed by atoms with Crippen LogP contribution in [0.15, 0.2) is 49.3 Å². The summed E-state index contributed by atoms with van der Waals surface area (Å²) in [5.74, 6) is 0.948. The number of benzene rings is 1. The van der Waals surface area contributed by atoms with Crippen molar-refractivity contribution in [1.29, 1.82) is 0 Å². The first-order valence-corrected chi connectivity index (χ1v) is 8.25. The summed E-state index contributed by atoms with van der Waals surface area (Å²) in [6, 6.07) is 8.33. The van der Waals surface area contributed by atoms with Crippen LogP contribution in [-0.2, 0) is 19.4 Å².